The number of halogens is 3. The molecule has 1 heterocycles. The van der Waals surface area contributed by atoms with Gasteiger partial charge in [0, 0.05) is 25.9 Å². The lowest BCUT2D eigenvalue weighted by Gasteiger charge is -2.20. The predicted octanol–water partition coefficient (Wildman–Crippen LogP) is 6.10. The predicted molar refractivity (Wildman–Crippen MR) is 93.2 cm³/mol. The molecule has 5 heteroatoms. The summed E-state index contributed by atoms with van der Waals surface area (Å²) in [5, 5.41) is 9.30. The maximum atomic E-state index is 6.29. The fraction of sp³-hybridized carbons (Fsp3) is 0.333. The van der Waals surface area contributed by atoms with E-state index < -0.39 is 0 Å². The highest BCUT2D eigenvalue weighted by atomic mass is 79.9. The Kier molecular flexibility index (Phi) is 6.37. The van der Waals surface area contributed by atoms with Crippen molar-refractivity contribution in [2.45, 2.75) is 25.8 Å². The van der Waals surface area contributed by atoms with Gasteiger partial charge in [-0.25, -0.2) is 0 Å². The van der Waals surface area contributed by atoms with E-state index in [9.17, 15) is 0 Å². The second-order valence-corrected chi connectivity index (χ2v) is 7.00. The first-order valence-electron chi connectivity index (χ1n) is 6.51. The van der Waals surface area contributed by atoms with Gasteiger partial charge in [0.2, 0.25) is 0 Å². The van der Waals surface area contributed by atoms with Crippen LogP contribution in [0.3, 0.4) is 0 Å². The van der Waals surface area contributed by atoms with Gasteiger partial charge in [-0.3, -0.25) is 0 Å². The van der Waals surface area contributed by atoms with Crippen LogP contribution in [-0.2, 0) is 6.42 Å². The lowest BCUT2D eigenvalue weighted by atomic mass is 10.0. The maximum Gasteiger partial charge on any atom is 0.0453 e. The highest BCUT2D eigenvalue weighted by molar-refractivity contribution is 9.10. The van der Waals surface area contributed by atoms with Crippen LogP contribution in [0.1, 0.15) is 30.5 Å². The quantitative estimate of drug-likeness (QED) is 0.625. The Morgan fingerprint density at radius 3 is 2.50 bits per heavy atom. The minimum absolute atomic E-state index is 0.216. The zero-order chi connectivity index (χ0) is 14.5. The number of hydrogen-bond donors (Lipinski definition) is 1. The smallest absolute Gasteiger partial charge is 0.0453 e. The van der Waals surface area contributed by atoms with Crippen LogP contribution in [0.5, 0.6) is 0 Å². The Morgan fingerprint density at radius 1 is 1.25 bits per heavy atom. The number of hydrogen-bond acceptors (Lipinski definition) is 2. The highest BCUT2D eigenvalue weighted by Crippen LogP contribution is 2.33. The van der Waals surface area contributed by atoms with Gasteiger partial charge in [0.15, 0.2) is 0 Å². The minimum Gasteiger partial charge on any atom is -0.310 e. The van der Waals surface area contributed by atoms with E-state index in [0.717, 1.165) is 39.5 Å². The van der Waals surface area contributed by atoms with E-state index in [0.29, 0.717) is 0 Å². The molecule has 1 nitrogen and oxygen atoms in total. The molecule has 0 saturated heterocycles. The Balaban J connectivity index is 2.26. The van der Waals surface area contributed by atoms with Crippen molar-refractivity contribution in [1.82, 2.24) is 5.32 Å². The molecule has 1 atom stereocenters. The molecule has 1 aromatic carbocycles. The molecule has 0 bridgehead atoms. The second kappa shape index (κ2) is 7.81. The number of nitrogens with one attached hydrogen (secondary N) is 1. The van der Waals surface area contributed by atoms with Gasteiger partial charge in [-0.15, -0.1) is 0 Å². The first-order valence-corrected chi connectivity index (χ1v) is 9.00. The third kappa shape index (κ3) is 3.99. The molecule has 20 heavy (non-hydrogen) atoms. The topological polar surface area (TPSA) is 12.0 Å². The molecule has 1 unspecified atom stereocenters. The van der Waals surface area contributed by atoms with Crippen molar-refractivity contribution in [3.8, 4) is 0 Å². The van der Waals surface area contributed by atoms with Crippen molar-refractivity contribution < 1.29 is 0 Å². The third-order valence-electron chi connectivity index (χ3n) is 3.13. The van der Waals surface area contributed by atoms with Gasteiger partial charge >= 0.3 is 0 Å². The summed E-state index contributed by atoms with van der Waals surface area (Å²) in [6, 6.07) is 5.88. The van der Waals surface area contributed by atoms with E-state index in [1.165, 1.54) is 5.56 Å². The molecule has 0 aliphatic heterocycles. The molecule has 0 aliphatic rings. The van der Waals surface area contributed by atoms with Crippen molar-refractivity contribution in [3.63, 3.8) is 0 Å². The van der Waals surface area contributed by atoms with Crippen LogP contribution in [0.2, 0.25) is 10.0 Å². The number of thiophene rings is 1. The van der Waals surface area contributed by atoms with Gasteiger partial charge in [0.25, 0.3) is 0 Å². The summed E-state index contributed by atoms with van der Waals surface area (Å²) in [5.41, 5.74) is 2.27. The number of rotatable bonds is 6. The lowest BCUT2D eigenvalue weighted by molar-refractivity contribution is 0.529. The largest absolute Gasteiger partial charge is 0.310 e. The molecule has 0 amide bonds. The maximum absolute atomic E-state index is 6.29. The van der Waals surface area contributed by atoms with Crippen molar-refractivity contribution in [1.29, 1.82) is 0 Å². The molecule has 0 saturated carbocycles. The first kappa shape index (κ1) is 16.3. The van der Waals surface area contributed by atoms with Crippen LogP contribution in [0.4, 0.5) is 0 Å². The summed E-state index contributed by atoms with van der Waals surface area (Å²) in [6.07, 6.45) is 1.88. The molecule has 2 rings (SSSR count). The average Bonchev–Trinajstić information content (AvgIpc) is 2.84. The van der Waals surface area contributed by atoms with Gasteiger partial charge < -0.3 is 5.32 Å². The van der Waals surface area contributed by atoms with Gasteiger partial charge in [-0.1, -0.05) is 36.2 Å². The fourth-order valence-corrected chi connectivity index (χ4v) is 4.26. The second-order valence-electron chi connectivity index (χ2n) is 4.59. The van der Waals surface area contributed by atoms with Gasteiger partial charge in [-0.05, 0) is 64.0 Å². The van der Waals surface area contributed by atoms with Gasteiger partial charge in [-0.2, -0.15) is 11.3 Å². The molecule has 108 valence electrons. The lowest BCUT2D eigenvalue weighted by Crippen LogP contribution is -2.24. The van der Waals surface area contributed by atoms with Crippen molar-refractivity contribution >= 4 is 50.5 Å². The van der Waals surface area contributed by atoms with Gasteiger partial charge in [0.1, 0.15) is 0 Å². The molecule has 1 aromatic heterocycles. The van der Waals surface area contributed by atoms with Crippen LogP contribution in [-0.4, -0.2) is 6.54 Å². The van der Waals surface area contributed by atoms with Crippen LogP contribution in [0.25, 0.3) is 0 Å². The Labute approximate surface area is 142 Å². The van der Waals surface area contributed by atoms with Gasteiger partial charge in [0.05, 0.1) is 0 Å². The van der Waals surface area contributed by atoms with Crippen LogP contribution in [0, 0.1) is 0 Å². The van der Waals surface area contributed by atoms with Crippen LogP contribution >= 0.6 is 50.5 Å². The summed E-state index contributed by atoms with van der Waals surface area (Å²) in [5.74, 6) is 0. The van der Waals surface area contributed by atoms with E-state index in [1.807, 2.05) is 18.2 Å². The van der Waals surface area contributed by atoms with Crippen LogP contribution < -0.4 is 5.32 Å². The summed E-state index contributed by atoms with van der Waals surface area (Å²) in [4.78, 5) is 0. The fourth-order valence-electron chi connectivity index (χ4n) is 2.08. The molecule has 0 spiro atoms. The molecular formula is C15H16BrCl2NS. The highest BCUT2D eigenvalue weighted by Gasteiger charge is 2.18. The van der Waals surface area contributed by atoms with E-state index in [4.69, 9.17) is 23.2 Å². The standard InChI is InChI=1S/C15H16BrCl2NS/c1-2-6-19-15(11-8-20-9-12(11)16)7-10-13(17)4-3-5-14(10)18/h3-5,8-9,15,19H,2,6-7H2,1H3. The molecule has 0 aliphatic carbocycles. The molecule has 2 aromatic rings. The molecule has 0 radical (unpaired) electrons. The van der Waals surface area contributed by atoms with E-state index in [-0.39, 0.29) is 6.04 Å². The van der Waals surface area contributed by atoms with Crippen molar-refractivity contribution in [2.24, 2.45) is 0 Å². The SMILES string of the molecule is CCCNC(Cc1c(Cl)cccc1Cl)c1cscc1Br. The first-order chi connectivity index (χ1) is 9.63. The summed E-state index contributed by atoms with van der Waals surface area (Å²) in [7, 11) is 0. The number of benzene rings is 1. The normalized spacial score (nSPS) is 12.6. The Bertz CT molecular complexity index is 551. The summed E-state index contributed by atoms with van der Waals surface area (Å²) in [6.45, 7) is 3.13. The Morgan fingerprint density at radius 2 is 1.95 bits per heavy atom. The van der Waals surface area contributed by atoms with Crippen molar-refractivity contribution in [2.75, 3.05) is 6.54 Å². The van der Waals surface area contributed by atoms with Crippen LogP contribution in [0.15, 0.2) is 33.4 Å². The Hall–Kier alpha value is -0.0600. The summed E-state index contributed by atoms with van der Waals surface area (Å²) < 4.78 is 1.14. The van der Waals surface area contributed by atoms with E-state index >= 15 is 0 Å². The molecule has 1 N–H and O–H groups in total. The van der Waals surface area contributed by atoms with Crippen molar-refractivity contribution in [3.05, 3.63) is 54.6 Å². The zero-order valence-electron chi connectivity index (χ0n) is 11.1. The van der Waals surface area contributed by atoms with E-state index in [1.54, 1.807) is 11.3 Å². The third-order valence-corrected chi connectivity index (χ3v) is 5.59. The molecule has 0 fully saturated rings. The van der Waals surface area contributed by atoms with E-state index in [2.05, 4.69) is 38.9 Å². The average molecular weight is 393 g/mol. The minimum atomic E-state index is 0.216. The monoisotopic (exact) mass is 391 g/mol. The zero-order valence-corrected chi connectivity index (χ0v) is 15.0. The summed E-state index contributed by atoms with van der Waals surface area (Å²) >= 11 is 17.9. The molecular weight excluding hydrogens is 377 g/mol.